The van der Waals surface area contributed by atoms with Crippen molar-refractivity contribution in [3.05, 3.63) is 11.6 Å². The van der Waals surface area contributed by atoms with Crippen LogP contribution in [0.3, 0.4) is 0 Å². The summed E-state index contributed by atoms with van der Waals surface area (Å²) in [5.74, 6) is -0.0706. The van der Waals surface area contributed by atoms with E-state index in [1.165, 1.54) is 0 Å². The summed E-state index contributed by atoms with van der Waals surface area (Å²) in [5.41, 5.74) is 0.198. The normalized spacial score (nSPS) is 11.6. The van der Waals surface area contributed by atoms with Gasteiger partial charge in [0.05, 0.1) is 0 Å². The second-order valence-corrected chi connectivity index (χ2v) is 3.56. The van der Waals surface area contributed by atoms with E-state index in [9.17, 15) is 4.79 Å². The van der Waals surface area contributed by atoms with Crippen LogP contribution in [0.15, 0.2) is 11.6 Å². The molecule has 0 unspecified atom stereocenters. The highest BCUT2D eigenvalue weighted by Crippen LogP contribution is 2.01. The third-order valence-corrected chi connectivity index (χ3v) is 1.28. The Balaban J connectivity index is 4.44. The van der Waals surface area contributed by atoms with Gasteiger partial charge >= 0.3 is 0 Å². The van der Waals surface area contributed by atoms with Crippen molar-refractivity contribution in [2.45, 2.75) is 33.7 Å². The van der Waals surface area contributed by atoms with Crippen molar-refractivity contribution in [1.29, 1.82) is 5.26 Å². The predicted molar refractivity (Wildman–Crippen MR) is 51.8 cm³/mol. The Labute approximate surface area is 79.4 Å². The standard InChI is InChI=1S/C10H16N2O/c1-7(2)5-9(6-11)10(13)12-8(3)4/h5,7-8H,1-4H3,(H,12,13)/b9-5+. The zero-order chi connectivity index (χ0) is 10.4. The molecule has 0 rings (SSSR count). The Morgan fingerprint density at radius 1 is 1.38 bits per heavy atom. The van der Waals surface area contributed by atoms with Gasteiger partial charge in [0.15, 0.2) is 0 Å². The van der Waals surface area contributed by atoms with Gasteiger partial charge in [0.2, 0.25) is 0 Å². The van der Waals surface area contributed by atoms with Crippen LogP contribution in [0.4, 0.5) is 0 Å². The van der Waals surface area contributed by atoms with E-state index in [1.54, 1.807) is 6.08 Å². The number of nitrogens with zero attached hydrogens (tertiary/aromatic N) is 1. The van der Waals surface area contributed by atoms with Gasteiger partial charge in [0.25, 0.3) is 5.91 Å². The summed E-state index contributed by atoms with van der Waals surface area (Å²) in [6.07, 6.45) is 1.66. The maximum atomic E-state index is 11.3. The van der Waals surface area contributed by atoms with Crippen LogP contribution in [0.5, 0.6) is 0 Å². The third kappa shape index (κ3) is 5.02. The molecule has 72 valence electrons. The highest BCUT2D eigenvalue weighted by molar-refractivity contribution is 5.97. The second-order valence-electron chi connectivity index (χ2n) is 3.56. The van der Waals surface area contributed by atoms with Gasteiger partial charge in [0.1, 0.15) is 11.6 Å². The molecule has 0 saturated carbocycles. The van der Waals surface area contributed by atoms with Crippen LogP contribution >= 0.6 is 0 Å². The maximum Gasteiger partial charge on any atom is 0.261 e. The molecular weight excluding hydrogens is 164 g/mol. The second kappa shape index (κ2) is 5.36. The molecule has 0 aromatic rings. The van der Waals surface area contributed by atoms with E-state index in [0.717, 1.165) is 0 Å². The lowest BCUT2D eigenvalue weighted by atomic mass is 10.1. The minimum absolute atomic E-state index is 0.0661. The van der Waals surface area contributed by atoms with E-state index in [1.807, 2.05) is 33.8 Å². The van der Waals surface area contributed by atoms with Crippen LogP contribution in [0.2, 0.25) is 0 Å². The lowest BCUT2D eigenvalue weighted by molar-refractivity contribution is -0.117. The first-order chi connectivity index (χ1) is 5.97. The van der Waals surface area contributed by atoms with Gasteiger partial charge in [-0.2, -0.15) is 5.26 Å². The summed E-state index contributed by atoms with van der Waals surface area (Å²) in [6, 6.07) is 1.95. The van der Waals surface area contributed by atoms with E-state index in [-0.39, 0.29) is 23.4 Å². The number of hydrogen-bond acceptors (Lipinski definition) is 2. The van der Waals surface area contributed by atoms with Gasteiger partial charge in [0, 0.05) is 6.04 Å². The van der Waals surface area contributed by atoms with Crippen molar-refractivity contribution < 1.29 is 4.79 Å². The minimum atomic E-state index is -0.286. The quantitative estimate of drug-likeness (QED) is 0.530. The van der Waals surface area contributed by atoms with Crippen molar-refractivity contribution in [2.24, 2.45) is 5.92 Å². The number of rotatable bonds is 3. The molecule has 0 bridgehead atoms. The monoisotopic (exact) mass is 180 g/mol. The Bertz CT molecular complexity index is 246. The molecule has 0 aliphatic heterocycles. The zero-order valence-electron chi connectivity index (χ0n) is 8.59. The van der Waals surface area contributed by atoms with E-state index in [0.29, 0.717) is 0 Å². The largest absolute Gasteiger partial charge is 0.349 e. The van der Waals surface area contributed by atoms with Crippen molar-refractivity contribution in [2.75, 3.05) is 0 Å². The molecule has 1 amide bonds. The van der Waals surface area contributed by atoms with E-state index in [4.69, 9.17) is 5.26 Å². The molecule has 3 heteroatoms. The van der Waals surface area contributed by atoms with Crippen molar-refractivity contribution in [1.82, 2.24) is 5.32 Å². The SMILES string of the molecule is CC(C)/C=C(\C#N)C(=O)NC(C)C. The first-order valence-corrected chi connectivity index (χ1v) is 4.40. The fraction of sp³-hybridized carbons (Fsp3) is 0.600. The number of carbonyl (C=O) groups excluding carboxylic acids is 1. The molecule has 0 fully saturated rings. The summed E-state index contributed by atoms with van der Waals surface area (Å²) >= 11 is 0. The number of allylic oxidation sites excluding steroid dienone is 1. The molecule has 13 heavy (non-hydrogen) atoms. The van der Waals surface area contributed by atoms with Crippen molar-refractivity contribution in [3.8, 4) is 6.07 Å². The van der Waals surface area contributed by atoms with Crippen LogP contribution in [0, 0.1) is 17.2 Å². The van der Waals surface area contributed by atoms with E-state index < -0.39 is 0 Å². The fourth-order valence-electron chi connectivity index (χ4n) is 0.837. The molecule has 0 saturated heterocycles. The van der Waals surface area contributed by atoms with Crippen LogP contribution in [-0.2, 0) is 4.79 Å². The average Bonchev–Trinajstić information content (AvgIpc) is 1.98. The number of amides is 1. The Kier molecular flexibility index (Phi) is 4.83. The number of hydrogen-bond donors (Lipinski definition) is 1. The number of nitrogens with one attached hydrogen (secondary N) is 1. The van der Waals surface area contributed by atoms with Gasteiger partial charge in [-0.25, -0.2) is 0 Å². The summed E-state index contributed by atoms with van der Waals surface area (Å²) in [4.78, 5) is 11.3. The van der Waals surface area contributed by atoms with Crippen molar-refractivity contribution in [3.63, 3.8) is 0 Å². The highest BCUT2D eigenvalue weighted by Gasteiger charge is 2.09. The Morgan fingerprint density at radius 3 is 2.23 bits per heavy atom. The van der Waals surface area contributed by atoms with Gasteiger partial charge in [-0.3, -0.25) is 4.79 Å². The lowest BCUT2D eigenvalue weighted by Gasteiger charge is -2.07. The zero-order valence-corrected chi connectivity index (χ0v) is 8.59. The van der Waals surface area contributed by atoms with Gasteiger partial charge < -0.3 is 5.32 Å². The average molecular weight is 180 g/mol. The fourth-order valence-corrected chi connectivity index (χ4v) is 0.837. The van der Waals surface area contributed by atoms with Crippen LogP contribution in [0.25, 0.3) is 0 Å². The highest BCUT2D eigenvalue weighted by atomic mass is 16.1. The summed E-state index contributed by atoms with van der Waals surface area (Å²) in [5, 5.41) is 11.3. The molecule has 0 spiro atoms. The molecule has 0 aliphatic carbocycles. The molecule has 3 nitrogen and oxygen atoms in total. The van der Waals surface area contributed by atoms with Gasteiger partial charge in [-0.15, -0.1) is 0 Å². The molecule has 0 aliphatic rings. The number of carbonyl (C=O) groups is 1. The van der Waals surface area contributed by atoms with E-state index in [2.05, 4.69) is 5.32 Å². The predicted octanol–water partition coefficient (Wildman–Crippen LogP) is 1.62. The maximum absolute atomic E-state index is 11.3. The van der Waals surface area contributed by atoms with Gasteiger partial charge in [-0.05, 0) is 19.8 Å². The van der Waals surface area contributed by atoms with Gasteiger partial charge in [-0.1, -0.05) is 19.9 Å². The van der Waals surface area contributed by atoms with E-state index >= 15 is 0 Å². The molecule has 0 aromatic carbocycles. The minimum Gasteiger partial charge on any atom is -0.349 e. The summed E-state index contributed by atoms with van der Waals surface area (Å²) in [6.45, 7) is 7.59. The van der Waals surface area contributed by atoms with Crippen LogP contribution < -0.4 is 5.32 Å². The van der Waals surface area contributed by atoms with Crippen LogP contribution in [-0.4, -0.2) is 11.9 Å². The molecule has 0 radical (unpaired) electrons. The first-order valence-electron chi connectivity index (χ1n) is 4.40. The summed E-state index contributed by atoms with van der Waals surface area (Å²) in [7, 11) is 0. The third-order valence-electron chi connectivity index (χ3n) is 1.28. The molecule has 0 heterocycles. The number of nitriles is 1. The topological polar surface area (TPSA) is 52.9 Å². The first kappa shape index (κ1) is 11.7. The molecule has 0 aromatic heterocycles. The van der Waals surface area contributed by atoms with Crippen LogP contribution in [0.1, 0.15) is 27.7 Å². The summed E-state index contributed by atoms with van der Waals surface area (Å²) < 4.78 is 0. The Morgan fingerprint density at radius 2 is 1.92 bits per heavy atom. The molecule has 0 atom stereocenters. The Hall–Kier alpha value is -1.30. The lowest BCUT2D eigenvalue weighted by Crippen LogP contribution is -2.31. The van der Waals surface area contributed by atoms with Crippen molar-refractivity contribution >= 4 is 5.91 Å². The molecular formula is C10H16N2O. The smallest absolute Gasteiger partial charge is 0.261 e. The molecule has 1 N–H and O–H groups in total.